The third kappa shape index (κ3) is 1.99. The monoisotopic (exact) mass is 242 g/mol. The molecule has 17 heavy (non-hydrogen) atoms. The van der Waals surface area contributed by atoms with Crippen LogP contribution in [0, 0.1) is 17.5 Å². The molecule has 7 heteroatoms. The number of carboxylic acid groups (broad SMARTS) is 1. The summed E-state index contributed by atoms with van der Waals surface area (Å²) in [5.41, 5.74) is -0.993. The molecular weight excluding hydrogens is 237 g/mol. The predicted octanol–water partition coefficient (Wildman–Crippen LogP) is 1.99. The van der Waals surface area contributed by atoms with Gasteiger partial charge in [-0.1, -0.05) is 0 Å². The standard InChI is InChI=1S/C10H5F3N2O2/c11-5-3-6(12)9(7(13)4-5)15-2-1-8(14-15)10(16)17/h1-4H,(H,16,17). The minimum Gasteiger partial charge on any atom is -0.476 e. The molecule has 1 heterocycles. The number of rotatable bonds is 2. The van der Waals surface area contributed by atoms with Gasteiger partial charge >= 0.3 is 5.97 Å². The summed E-state index contributed by atoms with van der Waals surface area (Å²) in [7, 11) is 0. The summed E-state index contributed by atoms with van der Waals surface area (Å²) >= 11 is 0. The summed E-state index contributed by atoms with van der Waals surface area (Å²) < 4.78 is 40.0. The Bertz CT molecular complexity index is 572. The first-order valence-corrected chi connectivity index (χ1v) is 4.43. The Hall–Kier alpha value is -2.31. The van der Waals surface area contributed by atoms with Crippen LogP contribution in [-0.4, -0.2) is 20.9 Å². The van der Waals surface area contributed by atoms with Gasteiger partial charge < -0.3 is 5.11 Å². The van der Waals surface area contributed by atoms with Crippen molar-refractivity contribution in [2.75, 3.05) is 0 Å². The molecule has 0 atom stereocenters. The quantitative estimate of drug-likeness (QED) is 0.876. The number of benzene rings is 1. The minimum absolute atomic E-state index is 0.367. The number of aromatic carboxylic acids is 1. The lowest BCUT2D eigenvalue weighted by Crippen LogP contribution is -2.05. The van der Waals surface area contributed by atoms with Crippen LogP contribution in [0.3, 0.4) is 0 Å². The maximum Gasteiger partial charge on any atom is 0.356 e. The number of carbonyl (C=O) groups is 1. The number of halogens is 3. The first-order valence-electron chi connectivity index (χ1n) is 4.43. The van der Waals surface area contributed by atoms with Crippen LogP contribution >= 0.6 is 0 Å². The Labute approximate surface area is 92.9 Å². The second-order valence-electron chi connectivity index (χ2n) is 3.17. The van der Waals surface area contributed by atoms with Crippen LogP contribution in [0.25, 0.3) is 5.69 Å². The predicted molar refractivity (Wildman–Crippen MR) is 50.4 cm³/mol. The van der Waals surface area contributed by atoms with Gasteiger partial charge in [0.1, 0.15) is 11.5 Å². The molecule has 2 rings (SSSR count). The van der Waals surface area contributed by atoms with Crippen molar-refractivity contribution in [1.29, 1.82) is 0 Å². The van der Waals surface area contributed by atoms with Crippen LogP contribution < -0.4 is 0 Å². The zero-order valence-corrected chi connectivity index (χ0v) is 8.19. The molecule has 0 amide bonds. The Morgan fingerprint density at radius 1 is 1.24 bits per heavy atom. The van der Waals surface area contributed by atoms with E-state index in [0.717, 1.165) is 12.3 Å². The molecule has 1 N–H and O–H groups in total. The second-order valence-corrected chi connectivity index (χ2v) is 3.17. The average Bonchev–Trinajstić information content (AvgIpc) is 2.65. The molecule has 1 aromatic carbocycles. The van der Waals surface area contributed by atoms with E-state index in [1.807, 2.05) is 0 Å². The van der Waals surface area contributed by atoms with Crippen LogP contribution in [0.15, 0.2) is 24.4 Å². The van der Waals surface area contributed by atoms with Gasteiger partial charge in [0.05, 0.1) is 0 Å². The van der Waals surface area contributed by atoms with Gasteiger partial charge in [0, 0.05) is 18.3 Å². The number of hydrogen-bond acceptors (Lipinski definition) is 2. The summed E-state index contributed by atoms with van der Waals surface area (Å²) in [6.45, 7) is 0. The third-order valence-corrected chi connectivity index (χ3v) is 2.02. The molecule has 0 aliphatic carbocycles. The van der Waals surface area contributed by atoms with Gasteiger partial charge in [-0.15, -0.1) is 0 Å². The molecule has 88 valence electrons. The van der Waals surface area contributed by atoms with E-state index in [4.69, 9.17) is 5.11 Å². The van der Waals surface area contributed by atoms with Crippen molar-refractivity contribution < 1.29 is 23.1 Å². The molecule has 0 saturated carbocycles. The maximum atomic E-state index is 13.3. The topological polar surface area (TPSA) is 55.1 Å². The molecule has 0 saturated heterocycles. The van der Waals surface area contributed by atoms with Gasteiger partial charge in [-0.05, 0) is 6.07 Å². The third-order valence-electron chi connectivity index (χ3n) is 2.02. The number of carboxylic acids is 1. The van der Waals surface area contributed by atoms with Gasteiger partial charge in [-0.2, -0.15) is 5.10 Å². The molecule has 0 aliphatic rings. The van der Waals surface area contributed by atoms with Crippen LogP contribution in [0.2, 0.25) is 0 Å². The highest BCUT2D eigenvalue weighted by molar-refractivity contribution is 5.85. The Balaban J connectivity index is 2.56. The minimum atomic E-state index is -1.33. The zero-order valence-electron chi connectivity index (χ0n) is 8.19. The van der Waals surface area contributed by atoms with Crippen LogP contribution in [-0.2, 0) is 0 Å². The van der Waals surface area contributed by atoms with E-state index in [2.05, 4.69) is 5.10 Å². The van der Waals surface area contributed by atoms with Gasteiger partial charge in [0.15, 0.2) is 17.3 Å². The maximum absolute atomic E-state index is 13.3. The molecule has 0 unspecified atom stereocenters. The van der Waals surface area contributed by atoms with Crippen molar-refractivity contribution >= 4 is 5.97 Å². The Morgan fingerprint density at radius 3 is 2.29 bits per heavy atom. The van der Waals surface area contributed by atoms with Crippen molar-refractivity contribution in [3.05, 3.63) is 47.5 Å². The SMILES string of the molecule is O=C(O)c1ccn(-c2c(F)cc(F)cc2F)n1. The molecule has 1 aromatic heterocycles. The lowest BCUT2D eigenvalue weighted by molar-refractivity contribution is 0.0690. The molecular formula is C10H5F3N2O2. The molecule has 0 radical (unpaired) electrons. The average molecular weight is 242 g/mol. The van der Waals surface area contributed by atoms with E-state index < -0.39 is 29.1 Å². The summed E-state index contributed by atoms with van der Waals surface area (Å²) in [6, 6.07) is 2.05. The lowest BCUT2D eigenvalue weighted by atomic mass is 10.3. The van der Waals surface area contributed by atoms with E-state index >= 15 is 0 Å². The molecule has 0 fully saturated rings. The van der Waals surface area contributed by atoms with E-state index in [9.17, 15) is 18.0 Å². The fourth-order valence-electron chi connectivity index (χ4n) is 1.32. The molecule has 0 aliphatic heterocycles. The largest absolute Gasteiger partial charge is 0.476 e. The van der Waals surface area contributed by atoms with E-state index in [1.54, 1.807) is 0 Å². The highest BCUT2D eigenvalue weighted by atomic mass is 19.1. The first-order chi connectivity index (χ1) is 7.99. The highest BCUT2D eigenvalue weighted by Crippen LogP contribution is 2.18. The van der Waals surface area contributed by atoms with E-state index in [0.29, 0.717) is 16.8 Å². The Morgan fingerprint density at radius 2 is 1.82 bits per heavy atom. The summed E-state index contributed by atoms with van der Waals surface area (Å²) in [5.74, 6) is -4.72. The lowest BCUT2D eigenvalue weighted by Gasteiger charge is -2.04. The van der Waals surface area contributed by atoms with Crippen molar-refractivity contribution in [2.24, 2.45) is 0 Å². The van der Waals surface area contributed by atoms with E-state index in [-0.39, 0.29) is 5.69 Å². The molecule has 4 nitrogen and oxygen atoms in total. The summed E-state index contributed by atoms with van der Waals surface area (Å²) in [5, 5.41) is 12.1. The number of hydrogen-bond donors (Lipinski definition) is 1. The first kappa shape index (κ1) is 11.2. The van der Waals surface area contributed by atoms with Crippen LogP contribution in [0.4, 0.5) is 13.2 Å². The number of nitrogens with zero attached hydrogens (tertiary/aromatic N) is 2. The van der Waals surface area contributed by atoms with Gasteiger partial charge in [-0.3, -0.25) is 0 Å². The van der Waals surface area contributed by atoms with Crippen molar-refractivity contribution in [2.45, 2.75) is 0 Å². The highest BCUT2D eigenvalue weighted by Gasteiger charge is 2.16. The van der Waals surface area contributed by atoms with Crippen LogP contribution in [0.1, 0.15) is 10.5 Å². The summed E-state index contributed by atoms with van der Waals surface area (Å²) in [4.78, 5) is 10.5. The van der Waals surface area contributed by atoms with Crippen LogP contribution in [0.5, 0.6) is 0 Å². The Kier molecular flexibility index (Phi) is 2.58. The fraction of sp³-hybridized carbons (Fsp3) is 0. The van der Waals surface area contributed by atoms with Crippen molar-refractivity contribution in [3.8, 4) is 5.69 Å². The van der Waals surface area contributed by atoms with E-state index in [1.165, 1.54) is 0 Å². The molecule has 0 bridgehead atoms. The van der Waals surface area contributed by atoms with Gasteiger partial charge in [-0.25, -0.2) is 22.6 Å². The fourth-order valence-corrected chi connectivity index (χ4v) is 1.32. The smallest absolute Gasteiger partial charge is 0.356 e. The summed E-state index contributed by atoms with van der Waals surface area (Å²) in [6.07, 6.45) is 1.07. The zero-order chi connectivity index (χ0) is 12.6. The van der Waals surface area contributed by atoms with Gasteiger partial charge in [0.2, 0.25) is 0 Å². The van der Waals surface area contributed by atoms with Gasteiger partial charge in [0.25, 0.3) is 0 Å². The molecule has 0 spiro atoms. The second kappa shape index (κ2) is 3.93. The molecule has 2 aromatic rings. The van der Waals surface area contributed by atoms with Crippen molar-refractivity contribution in [3.63, 3.8) is 0 Å². The normalized spacial score (nSPS) is 10.5. The number of aromatic nitrogens is 2. The van der Waals surface area contributed by atoms with Crippen molar-refractivity contribution in [1.82, 2.24) is 9.78 Å².